The van der Waals surface area contributed by atoms with Gasteiger partial charge in [0.05, 0.1) is 0 Å². The Morgan fingerprint density at radius 1 is 1.36 bits per heavy atom. The molecule has 0 spiro atoms. The first kappa shape index (κ1) is 10.6. The van der Waals surface area contributed by atoms with E-state index in [9.17, 15) is 18.0 Å². The van der Waals surface area contributed by atoms with Gasteiger partial charge in [0.1, 0.15) is 5.75 Å². The lowest BCUT2D eigenvalue weighted by molar-refractivity contribution is -0.274. The Morgan fingerprint density at radius 3 is 2.64 bits per heavy atom. The van der Waals surface area contributed by atoms with E-state index in [4.69, 9.17) is 0 Å². The molecule has 0 fully saturated rings. The average molecular weight is 203 g/mol. The molecule has 5 heteroatoms. The maximum atomic E-state index is 11.8. The van der Waals surface area contributed by atoms with E-state index >= 15 is 0 Å². The SMILES string of the molecule is O=[C]Cc1cccc(OC(F)(F)F)c1. The van der Waals surface area contributed by atoms with E-state index in [2.05, 4.69) is 4.74 Å². The van der Waals surface area contributed by atoms with Crippen LogP contribution in [-0.2, 0) is 11.2 Å². The maximum Gasteiger partial charge on any atom is 0.573 e. The van der Waals surface area contributed by atoms with E-state index in [1.807, 2.05) is 0 Å². The first-order valence-electron chi connectivity index (χ1n) is 3.71. The minimum absolute atomic E-state index is 0.0466. The summed E-state index contributed by atoms with van der Waals surface area (Å²) in [6.07, 6.45) is -3.16. The van der Waals surface area contributed by atoms with E-state index < -0.39 is 6.36 Å². The lowest BCUT2D eigenvalue weighted by atomic mass is 10.2. The Labute approximate surface area is 78.3 Å². The summed E-state index contributed by atoms with van der Waals surface area (Å²) in [5.41, 5.74) is 0.432. The van der Waals surface area contributed by atoms with Crippen LogP contribution in [0.2, 0.25) is 0 Å². The number of benzene rings is 1. The number of alkyl halides is 3. The van der Waals surface area contributed by atoms with Gasteiger partial charge in [0.2, 0.25) is 6.29 Å². The predicted octanol–water partition coefficient (Wildman–Crippen LogP) is 2.24. The van der Waals surface area contributed by atoms with Crippen molar-refractivity contribution in [3.8, 4) is 5.75 Å². The third-order valence-electron chi connectivity index (χ3n) is 1.41. The van der Waals surface area contributed by atoms with Crippen molar-refractivity contribution in [1.29, 1.82) is 0 Å². The number of halogens is 3. The van der Waals surface area contributed by atoms with Gasteiger partial charge in [-0.3, -0.25) is 4.79 Å². The van der Waals surface area contributed by atoms with Gasteiger partial charge in [0, 0.05) is 6.42 Å². The molecule has 0 bridgehead atoms. The molecule has 14 heavy (non-hydrogen) atoms. The molecule has 0 saturated heterocycles. The second-order valence-corrected chi connectivity index (χ2v) is 2.52. The topological polar surface area (TPSA) is 26.3 Å². The minimum Gasteiger partial charge on any atom is -0.406 e. The van der Waals surface area contributed by atoms with Crippen LogP contribution in [0, 0.1) is 0 Å². The second kappa shape index (κ2) is 4.13. The summed E-state index contributed by atoms with van der Waals surface area (Å²) in [5.74, 6) is -0.328. The van der Waals surface area contributed by atoms with Crippen LogP contribution >= 0.6 is 0 Å². The zero-order valence-electron chi connectivity index (χ0n) is 6.97. The van der Waals surface area contributed by atoms with Crippen molar-refractivity contribution >= 4 is 6.29 Å². The molecule has 0 atom stereocenters. The van der Waals surface area contributed by atoms with Gasteiger partial charge in [-0.25, -0.2) is 0 Å². The molecule has 0 aliphatic heterocycles. The van der Waals surface area contributed by atoms with Crippen LogP contribution in [-0.4, -0.2) is 12.6 Å². The Balaban J connectivity index is 2.78. The zero-order chi connectivity index (χ0) is 10.6. The van der Waals surface area contributed by atoms with Gasteiger partial charge < -0.3 is 4.74 Å². The van der Waals surface area contributed by atoms with Gasteiger partial charge in [-0.15, -0.1) is 13.2 Å². The van der Waals surface area contributed by atoms with Gasteiger partial charge in [0.25, 0.3) is 0 Å². The summed E-state index contributed by atoms with van der Waals surface area (Å²) in [7, 11) is 0. The highest BCUT2D eigenvalue weighted by atomic mass is 19.4. The highest BCUT2D eigenvalue weighted by Gasteiger charge is 2.30. The molecule has 1 aromatic carbocycles. The van der Waals surface area contributed by atoms with Crippen LogP contribution in [0.15, 0.2) is 24.3 Å². The molecule has 0 aliphatic rings. The second-order valence-electron chi connectivity index (χ2n) is 2.52. The van der Waals surface area contributed by atoms with Crippen molar-refractivity contribution in [1.82, 2.24) is 0 Å². The van der Waals surface area contributed by atoms with E-state index in [1.165, 1.54) is 18.2 Å². The molecule has 1 rings (SSSR count). The standard InChI is InChI=1S/C9H6F3O2/c10-9(11,12)14-8-3-1-2-7(6-8)4-5-13/h1-3,6H,4H2. The van der Waals surface area contributed by atoms with Crippen LogP contribution in [0.3, 0.4) is 0 Å². The lowest BCUT2D eigenvalue weighted by Gasteiger charge is -2.08. The number of carbonyl (C=O) groups excluding carboxylic acids is 1. The summed E-state index contributed by atoms with van der Waals surface area (Å²) < 4.78 is 38.9. The predicted molar refractivity (Wildman–Crippen MR) is 42.5 cm³/mol. The first-order valence-corrected chi connectivity index (χ1v) is 3.71. The van der Waals surface area contributed by atoms with Crippen molar-refractivity contribution in [2.45, 2.75) is 12.8 Å². The fourth-order valence-electron chi connectivity index (χ4n) is 0.936. The number of hydrogen-bond donors (Lipinski definition) is 0. The maximum absolute atomic E-state index is 11.8. The molecule has 0 aliphatic carbocycles. The van der Waals surface area contributed by atoms with E-state index in [0.717, 1.165) is 6.07 Å². The van der Waals surface area contributed by atoms with Crippen LogP contribution in [0.25, 0.3) is 0 Å². The molecule has 0 saturated carbocycles. The van der Waals surface area contributed by atoms with Crippen molar-refractivity contribution in [2.24, 2.45) is 0 Å². The van der Waals surface area contributed by atoms with Crippen LogP contribution < -0.4 is 4.74 Å². The van der Waals surface area contributed by atoms with Crippen LogP contribution in [0.1, 0.15) is 5.56 Å². The van der Waals surface area contributed by atoms with Crippen molar-refractivity contribution in [2.75, 3.05) is 0 Å². The molecule has 0 unspecified atom stereocenters. The molecule has 0 heterocycles. The van der Waals surface area contributed by atoms with Crippen molar-refractivity contribution < 1.29 is 22.7 Å². The molecule has 1 aromatic rings. The average Bonchev–Trinajstić information content (AvgIpc) is 2.02. The molecule has 1 radical (unpaired) electrons. The minimum atomic E-state index is -4.70. The Hall–Kier alpha value is -1.52. The summed E-state index contributed by atoms with van der Waals surface area (Å²) in [4.78, 5) is 9.98. The fourth-order valence-corrected chi connectivity index (χ4v) is 0.936. The molecule has 0 N–H and O–H groups in total. The van der Waals surface area contributed by atoms with Crippen LogP contribution in [0.4, 0.5) is 13.2 Å². The quantitative estimate of drug-likeness (QED) is 0.752. The number of rotatable bonds is 3. The van der Waals surface area contributed by atoms with Crippen molar-refractivity contribution in [3.05, 3.63) is 29.8 Å². The van der Waals surface area contributed by atoms with Gasteiger partial charge in [-0.1, -0.05) is 12.1 Å². The van der Waals surface area contributed by atoms with Gasteiger partial charge in [-0.05, 0) is 17.7 Å². The zero-order valence-corrected chi connectivity index (χ0v) is 6.97. The third kappa shape index (κ3) is 3.47. The number of hydrogen-bond acceptors (Lipinski definition) is 2. The smallest absolute Gasteiger partial charge is 0.406 e. The Kier molecular flexibility index (Phi) is 3.11. The van der Waals surface area contributed by atoms with Gasteiger partial charge in [-0.2, -0.15) is 0 Å². The largest absolute Gasteiger partial charge is 0.573 e. The summed E-state index contributed by atoms with van der Waals surface area (Å²) in [5, 5.41) is 0. The molecule has 75 valence electrons. The molecule has 2 nitrogen and oxygen atoms in total. The Bertz CT molecular complexity index is 320. The molecular formula is C9H6F3O2. The van der Waals surface area contributed by atoms with E-state index in [-0.39, 0.29) is 12.2 Å². The summed E-state index contributed by atoms with van der Waals surface area (Å²) in [6, 6.07) is 5.22. The number of ether oxygens (including phenoxy) is 1. The van der Waals surface area contributed by atoms with Gasteiger partial charge in [0.15, 0.2) is 0 Å². The van der Waals surface area contributed by atoms with Crippen LogP contribution in [0.5, 0.6) is 5.75 Å². The normalized spacial score (nSPS) is 11.1. The van der Waals surface area contributed by atoms with E-state index in [1.54, 1.807) is 6.29 Å². The molecule has 0 aromatic heterocycles. The summed E-state index contributed by atoms with van der Waals surface area (Å²) >= 11 is 0. The highest BCUT2D eigenvalue weighted by molar-refractivity contribution is 5.56. The monoisotopic (exact) mass is 203 g/mol. The van der Waals surface area contributed by atoms with E-state index in [0.29, 0.717) is 5.56 Å². The fraction of sp³-hybridized carbons (Fsp3) is 0.222. The third-order valence-corrected chi connectivity index (χ3v) is 1.41. The Morgan fingerprint density at radius 2 is 2.07 bits per heavy atom. The molecular weight excluding hydrogens is 197 g/mol. The van der Waals surface area contributed by atoms with Gasteiger partial charge >= 0.3 is 6.36 Å². The summed E-state index contributed by atoms with van der Waals surface area (Å²) in [6.45, 7) is 0. The molecule has 0 amide bonds. The van der Waals surface area contributed by atoms with Crippen molar-refractivity contribution in [3.63, 3.8) is 0 Å². The first-order chi connectivity index (χ1) is 6.51. The lowest BCUT2D eigenvalue weighted by Crippen LogP contribution is -2.17. The highest BCUT2D eigenvalue weighted by Crippen LogP contribution is 2.23.